The third kappa shape index (κ3) is 4.01. The highest BCUT2D eigenvalue weighted by Crippen LogP contribution is 2.46. The van der Waals surface area contributed by atoms with E-state index in [1.165, 1.54) is 96.8 Å². The zero-order valence-corrected chi connectivity index (χ0v) is 14.2. The molecule has 21 heavy (non-hydrogen) atoms. The van der Waals surface area contributed by atoms with Crippen molar-refractivity contribution in [3.05, 3.63) is 0 Å². The van der Waals surface area contributed by atoms with Crippen LogP contribution in [0.1, 0.15) is 77.6 Å². The van der Waals surface area contributed by atoms with Gasteiger partial charge in [0.15, 0.2) is 0 Å². The number of hydrogen-bond acceptors (Lipinski definition) is 2. The van der Waals surface area contributed by atoms with E-state index in [1.54, 1.807) is 0 Å². The minimum absolute atomic E-state index is 0.781. The van der Waals surface area contributed by atoms with Crippen LogP contribution in [0.5, 0.6) is 0 Å². The molecule has 3 fully saturated rings. The van der Waals surface area contributed by atoms with Crippen LogP contribution < -0.4 is 5.32 Å². The second-order valence-electron chi connectivity index (χ2n) is 8.11. The zero-order valence-electron chi connectivity index (χ0n) is 14.2. The molecule has 2 heteroatoms. The van der Waals surface area contributed by atoms with Gasteiger partial charge in [-0.1, -0.05) is 32.6 Å². The molecule has 1 spiro atoms. The molecule has 122 valence electrons. The Balaban J connectivity index is 1.46. The highest BCUT2D eigenvalue weighted by molar-refractivity contribution is 4.91. The molecule has 0 bridgehead atoms. The first-order valence-corrected chi connectivity index (χ1v) is 9.77. The summed E-state index contributed by atoms with van der Waals surface area (Å²) < 4.78 is 0. The summed E-state index contributed by atoms with van der Waals surface area (Å²) in [6.07, 6.45) is 16.1. The van der Waals surface area contributed by atoms with E-state index in [9.17, 15) is 0 Å². The predicted molar refractivity (Wildman–Crippen MR) is 90.6 cm³/mol. The Morgan fingerprint density at radius 3 is 2.38 bits per heavy atom. The lowest BCUT2D eigenvalue weighted by molar-refractivity contribution is 0.0815. The van der Waals surface area contributed by atoms with E-state index in [0.29, 0.717) is 0 Å². The first-order valence-electron chi connectivity index (χ1n) is 9.77. The van der Waals surface area contributed by atoms with E-state index in [2.05, 4.69) is 17.1 Å². The molecule has 1 saturated heterocycles. The van der Waals surface area contributed by atoms with Crippen LogP contribution in [0.3, 0.4) is 0 Å². The van der Waals surface area contributed by atoms with Gasteiger partial charge in [0, 0.05) is 12.6 Å². The van der Waals surface area contributed by atoms with Crippen LogP contribution in [-0.2, 0) is 0 Å². The van der Waals surface area contributed by atoms with Crippen molar-refractivity contribution >= 4 is 0 Å². The molecule has 1 N–H and O–H groups in total. The Bertz CT molecular complexity index is 299. The van der Waals surface area contributed by atoms with E-state index in [1.807, 2.05) is 0 Å². The fourth-order valence-electron chi connectivity index (χ4n) is 5.19. The van der Waals surface area contributed by atoms with Gasteiger partial charge in [-0.3, -0.25) is 0 Å². The van der Waals surface area contributed by atoms with Gasteiger partial charge >= 0.3 is 0 Å². The maximum absolute atomic E-state index is 3.83. The molecular formula is C19H36N2. The van der Waals surface area contributed by atoms with Crippen molar-refractivity contribution in [3.8, 4) is 0 Å². The second-order valence-corrected chi connectivity index (χ2v) is 8.11. The molecule has 1 heterocycles. The van der Waals surface area contributed by atoms with Crippen molar-refractivity contribution in [3.63, 3.8) is 0 Å². The number of likely N-dealkylation sites (tertiary alicyclic amines) is 1. The van der Waals surface area contributed by atoms with Gasteiger partial charge in [-0.25, -0.2) is 0 Å². The molecule has 0 aromatic carbocycles. The molecule has 2 nitrogen and oxygen atoms in total. The van der Waals surface area contributed by atoms with Crippen LogP contribution in [0.15, 0.2) is 0 Å². The van der Waals surface area contributed by atoms with E-state index < -0.39 is 0 Å². The van der Waals surface area contributed by atoms with E-state index in [0.717, 1.165) is 17.4 Å². The smallest absolute Gasteiger partial charge is 0.0107 e. The lowest BCUT2D eigenvalue weighted by Crippen LogP contribution is -2.47. The van der Waals surface area contributed by atoms with Crippen LogP contribution in [0.2, 0.25) is 0 Å². The summed E-state index contributed by atoms with van der Waals surface area (Å²) in [6.45, 7) is 7.65. The van der Waals surface area contributed by atoms with E-state index in [4.69, 9.17) is 0 Å². The van der Waals surface area contributed by atoms with Crippen molar-refractivity contribution in [2.75, 3.05) is 26.2 Å². The molecular weight excluding hydrogens is 256 g/mol. The van der Waals surface area contributed by atoms with Crippen LogP contribution in [0, 0.1) is 11.3 Å². The largest absolute Gasteiger partial charge is 0.314 e. The molecule has 1 aliphatic heterocycles. The summed E-state index contributed by atoms with van der Waals surface area (Å²) in [4.78, 5) is 2.81. The highest BCUT2D eigenvalue weighted by Gasteiger charge is 2.37. The molecule has 0 amide bonds. The Morgan fingerprint density at radius 1 is 0.952 bits per heavy atom. The van der Waals surface area contributed by atoms with Gasteiger partial charge in [0.05, 0.1) is 0 Å². The molecule has 3 aliphatic rings. The Kier molecular flexibility index (Phi) is 5.61. The van der Waals surface area contributed by atoms with Crippen molar-refractivity contribution in [2.24, 2.45) is 11.3 Å². The van der Waals surface area contributed by atoms with Crippen molar-refractivity contribution in [1.82, 2.24) is 10.2 Å². The minimum Gasteiger partial charge on any atom is -0.314 e. The SMILES string of the molecule is CCCNC1CCCCC1CN1CCC2(CCCC2)CC1. The van der Waals surface area contributed by atoms with Crippen molar-refractivity contribution in [1.29, 1.82) is 0 Å². The monoisotopic (exact) mass is 292 g/mol. The summed E-state index contributed by atoms with van der Waals surface area (Å²) in [5.74, 6) is 0.919. The summed E-state index contributed by atoms with van der Waals surface area (Å²) in [5, 5.41) is 3.83. The number of nitrogens with one attached hydrogen (secondary N) is 1. The first kappa shape index (κ1) is 15.8. The van der Waals surface area contributed by atoms with E-state index >= 15 is 0 Å². The third-order valence-electron chi connectivity index (χ3n) is 6.64. The lowest BCUT2D eigenvalue weighted by Gasteiger charge is -2.42. The molecule has 2 saturated carbocycles. The summed E-state index contributed by atoms with van der Waals surface area (Å²) >= 11 is 0. The molecule has 0 radical (unpaired) electrons. The minimum atomic E-state index is 0.781. The zero-order chi connectivity index (χ0) is 14.5. The number of rotatable bonds is 5. The summed E-state index contributed by atoms with van der Waals surface area (Å²) in [7, 11) is 0. The van der Waals surface area contributed by atoms with Gasteiger partial charge in [0.1, 0.15) is 0 Å². The van der Waals surface area contributed by atoms with Crippen LogP contribution in [0.4, 0.5) is 0 Å². The normalized spacial score (nSPS) is 33.6. The number of piperidine rings is 1. The molecule has 0 aromatic heterocycles. The Hall–Kier alpha value is -0.0800. The van der Waals surface area contributed by atoms with Gasteiger partial charge in [-0.2, -0.15) is 0 Å². The number of hydrogen-bond donors (Lipinski definition) is 1. The van der Waals surface area contributed by atoms with Gasteiger partial charge in [-0.15, -0.1) is 0 Å². The van der Waals surface area contributed by atoms with Crippen molar-refractivity contribution < 1.29 is 0 Å². The lowest BCUT2D eigenvalue weighted by atomic mass is 9.76. The maximum Gasteiger partial charge on any atom is 0.0107 e. The number of nitrogens with zero attached hydrogens (tertiary/aromatic N) is 1. The van der Waals surface area contributed by atoms with Crippen LogP contribution in [-0.4, -0.2) is 37.1 Å². The van der Waals surface area contributed by atoms with Gasteiger partial charge in [0.2, 0.25) is 0 Å². The molecule has 2 atom stereocenters. The fourth-order valence-corrected chi connectivity index (χ4v) is 5.19. The molecule has 2 aliphatic carbocycles. The standard InChI is InChI=1S/C19H36N2/c1-2-13-20-18-8-4-3-7-17(18)16-21-14-11-19(12-15-21)9-5-6-10-19/h17-18,20H,2-16H2,1H3. The predicted octanol–water partition coefficient (Wildman–Crippen LogP) is 4.20. The highest BCUT2D eigenvalue weighted by atomic mass is 15.1. The second kappa shape index (κ2) is 7.46. The molecule has 2 unspecified atom stereocenters. The Labute approximate surface area is 132 Å². The van der Waals surface area contributed by atoms with E-state index in [-0.39, 0.29) is 0 Å². The molecule has 3 rings (SSSR count). The Morgan fingerprint density at radius 2 is 1.67 bits per heavy atom. The average molecular weight is 293 g/mol. The third-order valence-corrected chi connectivity index (χ3v) is 6.64. The topological polar surface area (TPSA) is 15.3 Å². The van der Waals surface area contributed by atoms with Gasteiger partial charge in [-0.05, 0) is 75.9 Å². The van der Waals surface area contributed by atoms with Crippen LogP contribution in [0.25, 0.3) is 0 Å². The molecule has 0 aromatic rings. The first-order chi connectivity index (χ1) is 10.3. The van der Waals surface area contributed by atoms with Gasteiger partial charge in [0.25, 0.3) is 0 Å². The maximum atomic E-state index is 3.83. The summed E-state index contributed by atoms with van der Waals surface area (Å²) in [6, 6.07) is 0.807. The quantitative estimate of drug-likeness (QED) is 0.817. The van der Waals surface area contributed by atoms with Gasteiger partial charge < -0.3 is 10.2 Å². The summed E-state index contributed by atoms with van der Waals surface area (Å²) in [5.41, 5.74) is 0.781. The average Bonchev–Trinajstić information content (AvgIpc) is 2.97. The fraction of sp³-hybridized carbons (Fsp3) is 1.00. The van der Waals surface area contributed by atoms with Crippen molar-refractivity contribution in [2.45, 2.75) is 83.6 Å². The van der Waals surface area contributed by atoms with Crippen LogP contribution >= 0.6 is 0 Å².